The first-order valence-electron chi connectivity index (χ1n) is 6.88. The first-order valence-corrected chi connectivity index (χ1v) is 9.18. The third-order valence-corrected chi connectivity index (χ3v) is 6.30. The molecule has 0 aliphatic heterocycles. The highest BCUT2D eigenvalue weighted by molar-refractivity contribution is 7.89. The minimum absolute atomic E-state index is 0.123. The molecule has 1 rings (SSSR count). The van der Waals surface area contributed by atoms with E-state index in [2.05, 4.69) is 32.4 Å². The van der Waals surface area contributed by atoms with Crippen molar-refractivity contribution < 1.29 is 13.5 Å². The van der Waals surface area contributed by atoms with Crippen LogP contribution in [-0.2, 0) is 16.6 Å². The van der Waals surface area contributed by atoms with Gasteiger partial charge in [0.05, 0.1) is 11.5 Å². The van der Waals surface area contributed by atoms with E-state index < -0.39 is 10.0 Å². The summed E-state index contributed by atoms with van der Waals surface area (Å²) < 4.78 is 27.4. The number of rotatable bonds is 7. The number of hydrogen-bond donors (Lipinski definition) is 2. The average molecular weight is 319 g/mol. The molecule has 2 N–H and O–H groups in total. The second-order valence-electron chi connectivity index (χ2n) is 5.80. The zero-order chi connectivity index (χ0) is 15.5. The van der Waals surface area contributed by atoms with Crippen LogP contribution in [0.25, 0.3) is 0 Å². The molecular weight excluding hydrogens is 294 g/mol. The molecule has 0 spiro atoms. The first-order chi connectivity index (χ1) is 9.19. The van der Waals surface area contributed by atoms with Gasteiger partial charge in [-0.3, -0.25) is 0 Å². The average Bonchev–Trinajstić information content (AvgIpc) is 2.70. The van der Waals surface area contributed by atoms with Crippen LogP contribution < -0.4 is 4.72 Å². The highest BCUT2D eigenvalue weighted by Crippen LogP contribution is 2.26. The fraction of sp³-hybridized carbons (Fsp3) is 0.714. The van der Waals surface area contributed by atoms with Gasteiger partial charge in [0.15, 0.2) is 0 Å². The van der Waals surface area contributed by atoms with Crippen molar-refractivity contribution >= 4 is 21.4 Å². The number of thiophene rings is 1. The molecule has 0 radical (unpaired) electrons. The number of nitrogens with one attached hydrogen (secondary N) is 1. The van der Waals surface area contributed by atoms with Crippen LogP contribution in [0, 0.1) is 24.7 Å². The quantitative estimate of drug-likeness (QED) is 0.812. The molecule has 0 amide bonds. The summed E-state index contributed by atoms with van der Waals surface area (Å²) in [5.74, 6) is 1.16. The molecule has 0 saturated heterocycles. The molecule has 1 aromatic rings. The number of aliphatic hydroxyl groups is 1. The van der Waals surface area contributed by atoms with E-state index in [1.165, 1.54) is 11.3 Å². The van der Waals surface area contributed by atoms with Crippen LogP contribution in [0.2, 0.25) is 0 Å². The van der Waals surface area contributed by atoms with Crippen LogP contribution in [0.5, 0.6) is 0 Å². The van der Waals surface area contributed by atoms with Gasteiger partial charge in [0, 0.05) is 16.3 Å². The van der Waals surface area contributed by atoms with Crippen LogP contribution in [0.4, 0.5) is 0 Å². The molecule has 0 saturated carbocycles. The molecule has 0 atom stereocenters. The molecule has 0 fully saturated rings. The molecule has 4 nitrogen and oxygen atoms in total. The maximum atomic E-state index is 12.3. The smallest absolute Gasteiger partial charge is 0.241 e. The molecular formula is C14H25NO3S2. The van der Waals surface area contributed by atoms with Crippen molar-refractivity contribution in [2.75, 3.05) is 6.54 Å². The first kappa shape index (κ1) is 17.6. The maximum Gasteiger partial charge on any atom is 0.241 e. The minimum atomic E-state index is -3.49. The molecule has 0 unspecified atom stereocenters. The second kappa shape index (κ2) is 7.02. The highest BCUT2D eigenvalue weighted by Gasteiger charge is 2.23. The SMILES string of the molecule is Cc1sc(CO)cc1S(=O)(=O)NCC(C(C)C)C(C)C. The summed E-state index contributed by atoms with van der Waals surface area (Å²) in [5.41, 5.74) is 0. The Bertz CT molecular complexity index is 525. The summed E-state index contributed by atoms with van der Waals surface area (Å²) >= 11 is 1.32. The Labute approximate surface area is 126 Å². The van der Waals surface area contributed by atoms with E-state index in [0.717, 1.165) is 0 Å². The normalized spacial score (nSPS) is 12.8. The lowest BCUT2D eigenvalue weighted by Gasteiger charge is -2.24. The zero-order valence-electron chi connectivity index (χ0n) is 12.8. The Balaban J connectivity index is 2.87. The molecule has 0 aliphatic carbocycles. The maximum absolute atomic E-state index is 12.3. The van der Waals surface area contributed by atoms with E-state index in [1.54, 1.807) is 13.0 Å². The summed E-state index contributed by atoms with van der Waals surface area (Å²) in [4.78, 5) is 1.68. The van der Waals surface area contributed by atoms with E-state index in [0.29, 0.717) is 34.1 Å². The standard InChI is InChI=1S/C14H25NO3S2/c1-9(2)13(10(3)4)7-15-20(17,18)14-6-12(8-16)19-11(14)5/h6,9-10,13,15-16H,7-8H2,1-5H3. The highest BCUT2D eigenvalue weighted by atomic mass is 32.2. The lowest BCUT2D eigenvalue weighted by Crippen LogP contribution is -2.34. The topological polar surface area (TPSA) is 66.4 Å². The summed E-state index contributed by atoms with van der Waals surface area (Å²) in [5, 5.41) is 9.10. The van der Waals surface area contributed by atoms with Gasteiger partial charge in [0.25, 0.3) is 0 Å². The molecule has 0 aromatic carbocycles. The minimum Gasteiger partial charge on any atom is -0.391 e. The van der Waals surface area contributed by atoms with Crippen LogP contribution in [0.3, 0.4) is 0 Å². The number of aryl methyl sites for hydroxylation is 1. The van der Waals surface area contributed by atoms with Crippen LogP contribution in [0.1, 0.15) is 37.4 Å². The van der Waals surface area contributed by atoms with Gasteiger partial charge < -0.3 is 5.11 Å². The molecule has 0 aliphatic rings. The van der Waals surface area contributed by atoms with E-state index in [9.17, 15) is 8.42 Å². The predicted molar refractivity (Wildman–Crippen MR) is 83.3 cm³/mol. The Hall–Kier alpha value is -0.430. The summed E-state index contributed by atoms with van der Waals surface area (Å²) in [6.45, 7) is 10.5. The molecule has 1 aromatic heterocycles. The van der Waals surface area contributed by atoms with Crippen molar-refractivity contribution in [2.45, 2.75) is 46.1 Å². The molecule has 1 heterocycles. The van der Waals surface area contributed by atoms with Gasteiger partial charge in [-0.15, -0.1) is 11.3 Å². The Morgan fingerprint density at radius 2 is 1.80 bits per heavy atom. The second-order valence-corrected chi connectivity index (χ2v) is 8.87. The Morgan fingerprint density at radius 1 is 1.25 bits per heavy atom. The van der Waals surface area contributed by atoms with Gasteiger partial charge >= 0.3 is 0 Å². The van der Waals surface area contributed by atoms with Gasteiger partial charge in [0.2, 0.25) is 10.0 Å². The van der Waals surface area contributed by atoms with Crippen LogP contribution in [-0.4, -0.2) is 20.1 Å². The monoisotopic (exact) mass is 319 g/mol. The number of hydrogen-bond acceptors (Lipinski definition) is 4. The Morgan fingerprint density at radius 3 is 2.20 bits per heavy atom. The molecule has 0 bridgehead atoms. The van der Waals surface area contributed by atoms with Crippen molar-refractivity contribution in [1.82, 2.24) is 4.72 Å². The lowest BCUT2D eigenvalue weighted by molar-refractivity contribution is 0.285. The van der Waals surface area contributed by atoms with Crippen molar-refractivity contribution in [3.8, 4) is 0 Å². The van der Waals surface area contributed by atoms with E-state index in [-0.39, 0.29) is 11.5 Å². The van der Waals surface area contributed by atoms with Crippen molar-refractivity contribution in [3.05, 3.63) is 15.8 Å². The molecule has 6 heteroatoms. The summed E-state index contributed by atoms with van der Waals surface area (Å²) in [7, 11) is -3.49. The zero-order valence-corrected chi connectivity index (χ0v) is 14.4. The van der Waals surface area contributed by atoms with Crippen LogP contribution >= 0.6 is 11.3 Å². The molecule has 20 heavy (non-hydrogen) atoms. The lowest BCUT2D eigenvalue weighted by atomic mass is 9.86. The van der Waals surface area contributed by atoms with E-state index >= 15 is 0 Å². The number of sulfonamides is 1. The van der Waals surface area contributed by atoms with E-state index in [4.69, 9.17) is 5.11 Å². The molecule has 116 valence electrons. The van der Waals surface area contributed by atoms with Gasteiger partial charge in [-0.1, -0.05) is 27.7 Å². The van der Waals surface area contributed by atoms with Crippen molar-refractivity contribution in [1.29, 1.82) is 0 Å². The van der Waals surface area contributed by atoms with Gasteiger partial charge in [0.1, 0.15) is 0 Å². The third kappa shape index (κ3) is 4.28. The van der Waals surface area contributed by atoms with E-state index in [1.807, 2.05) is 0 Å². The van der Waals surface area contributed by atoms with Crippen molar-refractivity contribution in [2.24, 2.45) is 17.8 Å². The third-order valence-electron chi connectivity index (χ3n) is 3.59. The van der Waals surface area contributed by atoms with Crippen molar-refractivity contribution in [3.63, 3.8) is 0 Å². The van der Waals surface area contributed by atoms with Crippen LogP contribution in [0.15, 0.2) is 11.0 Å². The fourth-order valence-corrected chi connectivity index (χ4v) is 4.96. The summed E-state index contributed by atoms with van der Waals surface area (Å²) in [6, 6.07) is 1.56. The Kier molecular flexibility index (Phi) is 6.19. The van der Waals surface area contributed by atoms with Gasteiger partial charge in [-0.05, 0) is 30.7 Å². The van der Waals surface area contributed by atoms with Gasteiger partial charge in [-0.2, -0.15) is 0 Å². The predicted octanol–water partition coefficient (Wildman–Crippen LogP) is 2.76. The fourth-order valence-electron chi connectivity index (χ4n) is 2.39. The summed E-state index contributed by atoms with van der Waals surface area (Å²) in [6.07, 6.45) is 0. The number of aliphatic hydroxyl groups excluding tert-OH is 1. The van der Waals surface area contributed by atoms with Gasteiger partial charge in [-0.25, -0.2) is 13.1 Å². The largest absolute Gasteiger partial charge is 0.391 e.